The molecule has 1 rings (SSSR count). The van der Waals surface area contributed by atoms with Gasteiger partial charge in [0.15, 0.2) is 6.19 Å². The number of unbranched alkanes of at least 4 members (excludes halogenated alkanes) is 1. The number of hydrogen-bond donors (Lipinski definition) is 4. The van der Waals surface area contributed by atoms with Gasteiger partial charge in [-0.05, 0) is 26.3 Å². The molecule has 8 heteroatoms. The Morgan fingerprint density at radius 3 is 3.10 bits per heavy atom. The van der Waals surface area contributed by atoms with Gasteiger partial charge >= 0.3 is 0 Å². The van der Waals surface area contributed by atoms with Crippen molar-refractivity contribution in [2.24, 2.45) is 10.7 Å². The lowest BCUT2D eigenvalue weighted by molar-refractivity contribution is 0.749. The lowest BCUT2D eigenvalue weighted by Crippen LogP contribution is -2.36. The predicted octanol–water partition coefficient (Wildman–Crippen LogP) is 0.707. The molecule has 5 N–H and O–H groups in total. The van der Waals surface area contributed by atoms with E-state index in [0.29, 0.717) is 19.0 Å². The van der Waals surface area contributed by atoms with Crippen molar-refractivity contribution < 1.29 is 0 Å². The molecule has 7 nitrogen and oxygen atoms in total. The molecule has 116 valence electrons. The van der Waals surface area contributed by atoms with Gasteiger partial charge in [-0.1, -0.05) is 0 Å². The van der Waals surface area contributed by atoms with Crippen molar-refractivity contribution >= 4 is 17.7 Å². The highest BCUT2D eigenvalue weighted by Gasteiger charge is 2.01. The fraction of sp³-hybridized carbons (Fsp3) is 0.615. The van der Waals surface area contributed by atoms with Gasteiger partial charge in [-0.25, -0.2) is 4.98 Å². The second-order valence-corrected chi connectivity index (χ2v) is 5.52. The van der Waals surface area contributed by atoms with Gasteiger partial charge in [0.05, 0.1) is 12.0 Å². The second kappa shape index (κ2) is 11.0. The van der Waals surface area contributed by atoms with Crippen LogP contribution >= 0.6 is 11.8 Å². The average molecular weight is 309 g/mol. The van der Waals surface area contributed by atoms with E-state index in [0.717, 1.165) is 42.3 Å². The quantitative estimate of drug-likeness (QED) is 0.175. The molecule has 0 aromatic carbocycles. The number of guanidine groups is 1. The molecule has 0 unspecified atom stereocenters. The van der Waals surface area contributed by atoms with Crippen LogP contribution in [0.5, 0.6) is 0 Å². The Morgan fingerprint density at radius 1 is 1.57 bits per heavy atom. The molecule has 0 spiro atoms. The third-order valence-corrected chi connectivity index (χ3v) is 3.74. The number of aryl methyl sites for hydroxylation is 1. The van der Waals surface area contributed by atoms with Crippen LogP contribution in [-0.4, -0.2) is 41.3 Å². The highest BCUT2D eigenvalue weighted by atomic mass is 32.2. The maximum Gasteiger partial charge on any atom is 0.204 e. The first kappa shape index (κ1) is 17.3. The number of aromatic amines is 1. The molecule has 1 aromatic rings. The number of hydrogen-bond acceptors (Lipinski definition) is 5. The molecule has 0 saturated heterocycles. The molecular formula is C13H23N7S. The molecule has 0 aliphatic rings. The first-order valence-electron chi connectivity index (χ1n) is 6.98. The molecule has 1 heterocycles. The van der Waals surface area contributed by atoms with Crippen molar-refractivity contribution in [3.63, 3.8) is 0 Å². The van der Waals surface area contributed by atoms with Crippen LogP contribution in [0, 0.1) is 18.4 Å². The zero-order chi connectivity index (χ0) is 15.3. The highest BCUT2D eigenvalue weighted by Crippen LogP contribution is 2.11. The Kier molecular flexibility index (Phi) is 9.08. The Balaban J connectivity index is 2.18. The number of aliphatic imine (C=N–C) groups is 1. The van der Waals surface area contributed by atoms with Crippen LogP contribution in [0.1, 0.15) is 24.2 Å². The predicted molar refractivity (Wildman–Crippen MR) is 86.8 cm³/mol. The topological polar surface area (TPSA) is 115 Å². The molecule has 0 bridgehead atoms. The van der Waals surface area contributed by atoms with Crippen LogP contribution in [0.3, 0.4) is 0 Å². The van der Waals surface area contributed by atoms with Crippen molar-refractivity contribution in [3.8, 4) is 6.19 Å². The van der Waals surface area contributed by atoms with Crippen LogP contribution < -0.4 is 16.4 Å². The van der Waals surface area contributed by atoms with E-state index < -0.39 is 0 Å². The van der Waals surface area contributed by atoms with Gasteiger partial charge in [-0.15, -0.1) is 0 Å². The van der Waals surface area contributed by atoms with E-state index in [4.69, 9.17) is 11.0 Å². The largest absolute Gasteiger partial charge is 0.355 e. The van der Waals surface area contributed by atoms with Crippen LogP contribution in [0.15, 0.2) is 11.3 Å². The average Bonchev–Trinajstić information content (AvgIpc) is 2.88. The smallest absolute Gasteiger partial charge is 0.204 e. The minimum atomic E-state index is 0.533. The van der Waals surface area contributed by atoms with Crippen molar-refractivity contribution in [1.82, 2.24) is 20.6 Å². The van der Waals surface area contributed by atoms with Gasteiger partial charge in [0.2, 0.25) is 5.96 Å². The Bertz CT molecular complexity index is 463. The number of nitrogens with zero attached hydrogens (tertiary/aromatic N) is 3. The number of rotatable bonds is 9. The van der Waals surface area contributed by atoms with Gasteiger partial charge in [-0.2, -0.15) is 17.0 Å². The van der Waals surface area contributed by atoms with Crippen LogP contribution in [0.4, 0.5) is 0 Å². The maximum absolute atomic E-state index is 8.68. The summed E-state index contributed by atoms with van der Waals surface area (Å²) in [6.45, 7) is 4.11. The summed E-state index contributed by atoms with van der Waals surface area (Å²) in [6, 6.07) is 0. The fourth-order valence-corrected chi connectivity index (χ4v) is 2.46. The summed E-state index contributed by atoms with van der Waals surface area (Å²) in [6.07, 6.45) is 5.48. The minimum Gasteiger partial charge on any atom is -0.355 e. The molecule has 0 fully saturated rings. The number of nitriles is 1. The number of thioether (sulfide) groups is 1. The molecule has 0 atom stereocenters. The second-order valence-electron chi connectivity index (χ2n) is 4.42. The van der Waals surface area contributed by atoms with E-state index in [2.05, 4.69) is 25.6 Å². The normalized spacial score (nSPS) is 11.2. The summed E-state index contributed by atoms with van der Waals surface area (Å²) in [5, 5.41) is 14.4. The summed E-state index contributed by atoms with van der Waals surface area (Å²) < 4.78 is 0. The third-order valence-electron chi connectivity index (χ3n) is 2.77. The fourth-order valence-electron chi connectivity index (χ4n) is 1.58. The third kappa shape index (κ3) is 7.58. The van der Waals surface area contributed by atoms with Crippen LogP contribution in [-0.2, 0) is 5.75 Å². The highest BCUT2D eigenvalue weighted by molar-refractivity contribution is 7.98. The Morgan fingerprint density at radius 2 is 2.43 bits per heavy atom. The summed E-state index contributed by atoms with van der Waals surface area (Å²) in [4.78, 5) is 11.6. The van der Waals surface area contributed by atoms with Gasteiger partial charge < -0.3 is 16.0 Å². The van der Waals surface area contributed by atoms with Crippen molar-refractivity contribution in [1.29, 1.82) is 5.26 Å². The zero-order valence-corrected chi connectivity index (χ0v) is 13.2. The summed E-state index contributed by atoms with van der Waals surface area (Å²) >= 11 is 1.79. The van der Waals surface area contributed by atoms with Crippen molar-refractivity contribution in [2.45, 2.75) is 25.5 Å². The van der Waals surface area contributed by atoms with E-state index in [-0.39, 0.29) is 0 Å². The monoisotopic (exact) mass is 309 g/mol. The minimum absolute atomic E-state index is 0.533. The Labute approximate surface area is 129 Å². The lowest BCUT2D eigenvalue weighted by atomic mass is 10.3. The van der Waals surface area contributed by atoms with E-state index in [1.807, 2.05) is 13.1 Å². The van der Waals surface area contributed by atoms with Gasteiger partial charge in [-0.3, -0.25) is 10.3 Å². The summed E-state index contributed by atoms with van der Waals surface area (Å²) in [5.74, 6) is 2.33. The van der Waals surface area contributed by atoms with Crippen LogP contribution in [0.25, 0.3) is 0 Å². The van der Waals surface area contributed by atoms with Gasteiger partial charge in [0.1, 0.15) is 0 Å². The first-order chi connectivity index (χ1) is 10.3. The Hall–Kier alpha value is -1.72. The maximum atomic E-state index is 8.68. The van der Waals surface area contributed by atoms with Gasteiger partial charge in [0.25, 0.3) is 0 Å². The van der Waals surface area contributed by atoms with E-state index >= 15 is 0 Å². The molecule has 0 aliphatic carbocycles. The van der Waals surface area contributed by atoms with E-state index in [1.54, 1.807) is 18.1 Å². The number of imidazole rings is 1. The standard InChI is InChI=1S/C13H23N7S/c1-11-12(20-10-19-11)8-21-7-6-17-13(18-9-15)16-5-3-2-4-14/h10H,2-8,14H2,1H3,(H,19,20)(H2,16,17,18). The number of nitrogens with one attached hydrogen (secondary N) is 3. The van der Waals surface area contributed by atoms with Crippen molar-refractivity contribution in [3.05, 3.63) is 17.7 Å². The lowest BCUT2D eigenvalue weighted by Gasteiger charge is -2.07. The first-order valence-corrected chi connectivity index (χ1v) is 8.13. The number of aromatic nitrogens is 2. The van der Waals surface area contributed by atoms with Crippen molar-refractivity contribution in [2.75, 3.05) is 25.4 Å². The van der Waals surface area contributed by atoms with E-state index in [9.17, 15) is 0 Å². The summed E-state index contributed by atoms with van der Waals surface area (Å²) in [5.41, 5.74) is 7.63. The molecule has 0 saturated carbocycles. The molecule has 0 amide bonds. The van der Waals surface area contributed by atoms with Crippen LogP contribution in [0.2, 0.25) is 0 Å². The number of H-pyrrole nitrogens is 1. The zero-order valence-electron chi connectivity index (χ0n) is 12.4. The van der Waals surface area contributed by atoms with E-state index in [1.165, 1.54) is 0 Å². The molecular weight excluding hydrogens is 286 g/mol. The molecule has 0 radical (unpaired) electrons. The SMILES string of the molecule is Cc1[nH]cnc1CSCCNC(=NCCCCN)NC#N. The molecule has 21 heavy (non-hydrogen) atoms. The summed E-state index contributed by atoms with van der Waals surface area (Å²) in [7, 11) is 0. The molecule has 0 aliphatic heterocycles. The van der Waals surface area contributed by atoms with Gasteiger partial charge in [0, 0.05) is 30.3 Å². The number of nitrogens with two attached hydrogens (primary N) is 1. The molecule has 1 aromatic heterocycles.